The molecule has 1 nitrogen and oxygen atoms in total. The van der Waals surface area contributed by atoms with E-state index in [0.717, 1.165) is 31.8 Å². The van der Waals surface area contributed by atoms with Gasteiger partial charge < -0.3 is 5.32 Å². The lowest BCUT2D eigenvalue weighted by atomic mass is 10.2. The van der Waals surface area contributed by atoms with Crippen molar-refractivity contribution in [1.29, 1.82) is 0 Å². The molecule has 0 saturated carbocycles. The Balaban J connectivity index is 0.00000169. The Morgan fingerprint density at radius 2 is 1.79 bits per heavy atom. The second-order valence-electron chi connectivity index (χ2n) is 3.06. The van der Waals surface area contributed by atoms with Crippen LogP contribution in [0, 0.1) is 0 Å². The van der Waals surface area contributed by atoms with Gasteiger partial charge in [0.25, 0.3) is 0 Å². The quantitative estimate of drug-likeness (QED) is 0.588. The molecule has 0 aliphatic carbocycles. The van der Waals surface area contributed by atoms with Crippen molar-refractivity contribution in [2.45, 2.75) is 19.4 Å². The number of unbranched alkanes of at least 4 members (excludes halogenated alkanes) is 1. The van der Waals surface area contributed by atoms with Crippen molar-refractivity contribution in [2.75, 3.05) is 12.4 Å². The van der Waals surface area contributed by atoms with Crippen molar-refractivity contribution in [2.24, 2.45) is 0 Å². The predicted molar refractivity (Wildman–Crippen MR) is 65.4 cm³/mol. The van der Waals surface area contributed by atoms with Crippen LogP contribution in [0.2, 0.25) is 0 Å². The molecule has 0 fully saturated rings. The van der Waals surface area contributed by atoms with Gasteiger partial charge in [-0.15, -0.1) is 24.0 Å². The highest BCUT2D eigenvalue weighted by Crippen LogP contribution is 1.97. The molecule has 0 spiro atoms. The van der Waals surface area contributed by atoms with Crippen molar-refractivity contribution in [3.8, 4) is 0 Å². The summed E-state index contributed by atoms with van der Waals surface area (Å²) in [6.07, 6.45) is 2.26. The Kier molecular flexibility index (Phi) is 9.16. The second kappa shape index (κ2) is 9.32. The summed E-state index contributed by atoms with van der Waals surface area (Å²) in [4.78, 5) is 0. The van der Waals surface area contributed by atoms with Crippen LogP contribution in [0.25, 0.3) is 0 Å². The molecular formula is C11H17Cl2N. The molecule has 1 aromatic carbocycles. The van der Waals surface area contributed by atoms with Gasteiger partial charge in [-0.1, -0.05) is 30.3 Å². The van der Waals surface area contributed by atoms with Crippen LogP contribution in [-0.4, -0.2) is 12.4 Å². The van der Waals surface area contributed by atoms with Gasteiger partial charge in [-0.05, 0) is 24.9 Å². The van der Waals surface area contributed by atoms with Crippen LogP contribution in [0.4, 0.5) is 0 Å². The molecule has 1 rings (SSSR count). The number of hydrogen-bond acceptors (Lipinski definition) is 1. The molecular weight excluding hydrogens is 217 g/mol. The Hall–Kier alpha value is -0.240. The van der Waals surface area contributed by atoms with E-state index < -0.39 is 0 Å². The van der Waals surface area contributed by atoms with Gasteiger partial charge in [-0.25, -0.2) is 0 Å². The number of nitrogens with one attached hydrogen (secondary N) is 1. The van der Waals surface area contributed by atoms with Crippen molar-refractivity contribution >= 4 is 24.0 Å². The van der Waals surface area contributed by atoms with Crippen LogP contribution in [-0.2, 0) is 6.54 Å². The van der Waals surface area contributed by atoms with Crippen LogP contribution >= 0.6 is 24.0 Å². The molecule has 0 aliphatic rings. The summed E-state index contributed by atoms with van der Waals surface area (Å²) >= 11 is 5.57. The maximum Gasteiger partial charge on any atom is 0.0223 e. The summed E-state index contributed by atoms with van der Waals surface area (Å²) in [5.74, 6) is 0.771. The molecule has 0 atom stereocenters. The van der Waals surface area contributed by atoms with Crippen molar-refractivity contribution in [3.63, 3.8) is 0 Å². The highest BCUT2D eigenvalue weighted by molar-refractivity contribution is 6.17. The second-order valence-corrected chi connectivity index (χ2v) is 3.44. The average molecular weight is 234 g/mol. The fourth-order valence-corrected chi connectivity index (χ4v) is 1.36. The van der Waals surface area contributed by atoms with E-state index in [2.05, 4.69) is 29.6 Å². The number of alkyl halides is 1. The van der Waals surface area contributed by atoms with Crippen molar-refractivity contribution in [3.05, 3.63) is 35.9 Å². The first-order valence-electron chi connectivity index (χ1n) is 4.74. The fraction of sp³-hybridized carbons (Fsp3) is 0.455. The molecule has 0 aromatic heterocycles. The summed E-state index contributed by atoms with van der Waals surface area (Å²) in [6, 6.07) is 10.4. The number of hydrogen-bond donors (Lipinski definition) is 1. The van der Waals surface area contributed by atoms with Gasteiger partial charge in [-0.2, -0.15) is 0 Å². The van der Waals surface area contributed by atoms with Gasteiger partial charge in [0, 0.05) is 12.4 Å². The molecule has 0 radical (unpaired) electrons. The molecule has 0 aliphatic heterocycles. The molecule has 3 heteroatoms. The molecule has 0 bridgehead atoms. The third-order valence-electron chi connectivity index (χ3n) is 1.91. The average Bonchev–Trinajstić information content (AvgIpc) is 2.19. The van der Waals surface area contributed by atoms with Gasteiger partial charge in [0.2, 0.25) is 0 Å². The van der Waals surface area contributed by atoms with E-state index in [1.165, 1.54) is 5.56 Å². The standard InChI is InChI=1S/C11H16ClN.ClH/c12-8-4-5-9-13-10-11-6-2-1-3-7-11;/h1-3,6-7,13H,4-5,8-10H2;1H. The SMILES string of the molecule is Cl.ClCCCCNCc1ccccc1. The minimum atomic E-state index is 0. The van der Waals surface area contributed by atoms with E-state index in [0.29, 0.717) is 0 Å². The van der Waals surface area contributed by atoms with Gasteiger partial charge in [0.05, 0.1) is 0 Å². The summed E-state index contributed by atoms with van der Waals surface area (Å²) in [5, 5.41) is 3.38. The zero-order valence-electron chi connectivity index (χ0n) is 8.21. The Morgan fingerprint density at radius 3 is 2.43 bits per heavy atom. The Morgan fingerprint density at radius 1 is 1.07 bits per heavy atom. The monoisotopic (exact) mass is 233 g/mol. The lowest BCUT2D eigenvalue weighted by Gasteiger charge is -2.03. The van der Waals surface area contributed by atoms with Gasteiger partial charge in [0.15, 0.2) is 0 Å². The first kappa shape index (κ1) is 13.8. The number of benzene rings is 1. The first-order valence-corrected chi connectivity index (χ1v) is 5.27. The minimum absolute atomic E-state index is 0. The number of halogens is 2. The third-order valence-corrected chi connectivity index (χ3v) is 2.18. The molecule has 0 heterocycles. The minimum Gasteiger partial charge on any atom is -0.313 e. The largest absolute Gasteiger partial charge is 0.313 e. The first-order chi connectivity index (χ1) is 6.43. The molecule has 1 aromatic rings. The van der Waals surface area contributed by atoms with E-state index in [-0.39, 0.29) is 12.4 Å². The van der Waals surface area contributed by atoms with E-state index in [1.54, 1.807) is 0 Å². The van der Waals surface area contributed by atoms with E-state index in [4.69, 9.17) is 11.6 Å². The van der Waals surface area contributed by atoms with E-state index in [1.807, 2.05) is 6.07 Å². The summed E-state index contributed by atoms with van der Waals surface area (Å²) < 4.78 is 0. The zero-order chi connectivity index (χ0) is 9.36. The van der Waals surface area contributed by atoms with Crippen LogP contribution < -0.4 is 5.32 Å². The van der Waals surface area contributed by atoms with Crippen LogP contribution in [0.5, 0.6) is 0 Å². The highest BCUT2D eigenvalue weighted by Gasteiger charge is 1.90. The van der Waals surface area contributed by atoms with Gasteiger partial charge in [0.1, 0.15) is 0 Å². The topological polar surface area (TPSA) is 12.0 Å². The molecule has 0 amide bonds. The van der Waals surface area contributed by atoms with Crippen molar-refractivity contribution in [1.82, 2.24) is 5.32 Å². The van der Waals surface area contributed by atoms with Gasteiger partial charge in [-0.3, -0.25) is 0 Å². The number of rotatable bonds is 6. The molecule has 80 valence electrons. The lowest BCUT2D eigenvalue weighted by molar-refractivity contribution is 0.643. The summed E-state index contributed by atoms with van der Waals surface area (Å²) in [7, 11) is 0. The maximum atomic E-state index is 5.57. The zero-order valence-corrected chi connectivity index (χ0v) is 9.78. The summed E-state index contributed by atoms with van der Waals surface area (Å²) in [5.41, 5.74) is 1.34. The molecule has 1 N–H and O–H groups in total. The highest BCUT2D eigenvalue weighted by atomic mass is 35.5. The van der Waals surface area contributed by atoms with E-state index in [9.17, 15) is 0 Å². The Labute approximate surface area is 97.3 Å². The maximum absolute atomic E-state index is 5.57. The smallest absolute Gasteiger partial charge is 0.0223 e. The molecule has 14 heavy (non-hydrogen) atoms. The van der Waals surface area contributed by atoms with Crippen LogP contribution in [0.15, 0.2) is 30.3 Å². The predicted octanol–water partition coefficient (Wildman–Crippen LogP) is 3.22. The Bertz CT molecular complexity index is 214. The fourth-order valence-electron chi connectivity index (χ4n) is 1.17. The molecule has 0 unspecified atom stereocenters. The normalized spacial score (nSPS) is 9.50. The molecule has 0 saturated heterocycles. The van der Waals surface area contributed by atoms with E-state index >= 15 is 0 Å². The van der Waals surface area contributed by atoms with Crippen LogP contribution in [0.1, 0.15) is 18.4 Å². The van der Waals surface area contributed by atoms with Crippen LogP contribution in [0.3, 0.4) is 0 Å². The third kappa shape index (κ3) is 6.25. The lowest BCUT2D eigenvalue weighted by Crippen LogP contribution is -2.14. The van der Waals surface area contributed by atoms with Gasteiger partial charge >= 0.3 is 0 Å². The van der Waals surface area contributed by atoms with Crippen molar-refractivity contribution < 1.29 is 0 Å². The summed E-state index contributed by atoms with van der Waals surface area (Å²) in [6.45, 7) is 2.02.